The maximum absolute atomic E-state index is 13.7. The van der Waals surface area contributed by atoms with Gasteiger partial charge in [0, 0.05) is 5.69 Å². The van der Waals surface area contributed by atoms with Crippen molar-refractivity contribution in [1.82, 2.24) is 0 Å². The van der Waals surface area contributed by atoms with Crippen LogP contribution in [0.2, 0.25) is 0 Å². The Kier molecular flexibility index (Phi) is 3.82. The average molecular weight is 305 g/mol. The highest BCUT2D eigenvalue weighted by Gasteiger charge is 2.17. The molecule has 0 spiro atoms. The van der Waals surface area contributed by atoms with E-state index in [1.54, 1.807) is 13.0 Å². The van der Waals surface area contributed by atoms with E-state index in [1.807, 2.05) is 0 Å². The van der Waals surface area contributed by atoms with Gasteiger partial charge >= 0.3 is 0 Å². The average Bonchev–Trinajstić information content (AvgIpc) is 2.43. The molecule has 0 aliphatic carbocycles. The number of nitrogens with zero attached hydrogens (tertiary/aromatic N) is 1. The van der Waals surface area contributed by atoms with Gasteiger partial charge in [0.15, 0.2) is 0 Å². The van der Waals surface area contributed by atoms with Crippen LogP contribution in [-0.4, -0.2) is 8.42 Å². The predicted molar refractivity (Wildman–Crippen MR) is 77.5 cm³/mol. The van der Waals surface area contributed by atoms with Crippen LogP contribution >= 0.6 is 0 Å². The second-order valence-electron chi connectivity index (χ2n) is 4.43. The third-order valence-corrected chi connectivity index (χ3v) is 4.26. The standard InChI is InChI=1S/C14H12FN3O2S/c1-9-6-11(3-4-13(9)17)21(19,20)18-14-5-2-10(8-16)7-12(14)15/h2-7,18H,17H2,1H3. The van der Waals surface area contributed by atoms with Gasteiger partial charge in [0.2, 0.25) is 0 Å². The molecule has 0 aromatic heterocycles. The highest BCUT2D eigenvalue weighted by atomic mass is 32.2. The summed E-state index contributed by atoms with van der Waals surface area (Å²) in [5.74, 6) is -0.815. The molecule has 108 valence electrons. The molecule has 0 bridgehead atoms. The molecule has 0 saturated carbocycles. The van der Waals surface area contributed by atoms with E-state index < -0.39 is 15.8 Å². The molecular formula is C14H12FN3O2S. The number of anilines is 2. The molecule has 2 aromatic rings. The van der Waals surface area contributed by atoms with Gasteiger partial charge in [0.1, 0.15) is 5.82 Å². The lowest BCUT2D eigenvalue weighted by Crippen LogP contribution is -2.14. The van der Waals surface area contributed by atoms with Crippen LogP contribution in [0.4, 0.5) is 15.8 Å². The largest absolute Gasteiger partial charge is 0.399 e. The highest BCUT2D eigenvalue weighted by molar-refractivity contribution is 7.92. The molecule has 0 radical (unpaired) electrons. The Morgan fingerprint density at radius 1 is 1.24 bits per heavy atom. The minimum absolute atomic E-state index is 0.0158. The van der Waals surface area contributed by atoms with Crippen molar-refractivity contribution in [3.8, 4) is 6.07 Å². The van der Waals surface area contributed by atoms with E-state index >= 15 is 0 Å². The van der Waals surface area contributed by atoms with Crippen molar-refractivity contribution in [1.29, 1.82) is 5.26 Å². The van der Waals surface area contributed by atoms with Gasteiger partial charge in [-0.25, -0.2) is 12.8 Å². The number of nitrogen functional groups attached to an aromatic ring is 1. The minimum atomic E-state index is -3.92. The monoisotopic (exact) mass is 305 g/mol. The highest BCUT2D eigenvalue weighted by Crippen LogP contribution is 2.22. The van der Waals surface area contributed by atoms with Gasteiger partial charge in [0.05, 0.1) is 22.2 Å². The molecule has 0 amide bonds. The molecule has 7 heteroatoms. The Morgan fingerprint density at radius 3 is 2.52 bits per heavy atom. The summed E-state index contributed by atoms with van der Waals surface area (Å²) >= 11 is 0. The normalized spacial score (nSPS) is 10.9. The second kappa shape index (κ2) is 5.42. The van der Waals surface area contributed by atoms with E-state index in [0.717, 1.165) is 6.07 Å². The van der Waals surface area contributed by atoms with Crippen LogP contribution in [0.25, 0.3) is 0 Å². The maximum atomic E-state index is 13.7. The summed E-state index contributed by atoms with van der Waals surface area (Å²) in [5, 5.41) is 8.65. The third-order valence-electron chi connectivity index (χ3n) is 2.89. The van der Waals surface area contributed by atoms with Gasteiger partial charge in [0.25, 0.3) is 10.0 Å². The molecule has 0 atom stereocenters. The van der Waals surface area contributed by atoms with Crippen molar-refractivity contribution in [3.63, 3.8) is 0 Å². The van der Waals surface area contributed by atoms with Crippen LogP contribution in [-0.2, 0) is 10.0 Å². The minimum Gasteiger partial charge on any atom is -0.399 e. The topological polar surface area (TPSA) is 96.0 Å². The fourth-order valence-electron chi connectivity index (χ4n) is 1.69. The summed E-state index contributed by atoms with van der Waals surface area (Å²) in [5.41, 5.74) is 6.61. The van der Waals surface area contributed by atoms with Crippen LogP contribution < -0.4 is 10.5 Å². The number of sulfonamides is 1. The van der Waals surface area contributed by atoms with Crippen LogP contribution in [0.1, 0.15) is 11.1 Å². The first-order chi connectivity index (χ1) is 9.83. The predicted octanol–water partition coefficient (Wildman–Crippen LogP) is 2.39. The molecule has 3 N–H and O–H groups in total. The Morgan fingerprint density at radius 2 is 1.95 bits per heavy atom. The van der Waals surface area contributed by atoms with Crippen molar-refractivity contribution < 1.29 is 12.8 Å². The first kappa shape index (κ1) is 14.8. The Labute approximate surface area is 121 Å². The summed E-state index contributed by atoms with van der Waals surface area (Å²) in [7, 11) is -3.92. The molecule has 0 aliphatic heterocycles. The second-order valence-corrected chi connectivity index (χ2v) is 6.11. The lowest BCUT2D eigenvalue weighted by molar-refractivity contribution is 0.598. The van der Waals surface area contributed by atoms with Crippen molar-refractivity contribution in [2.45, 2.75) is 11.8 Å². The molecule has 2 aromatic carbocycles. The quantitative estimate of drug-likeness (QED) is 0.851. The van der Waals surface area contributed by atoms with Gasteiger partial charge in [-0.1, -0.05) is 0 Å². The maximum Gasteiger partial charge on any atom is 0.261 e. The van der Waals surface area contributed by atoms with E-state index in [9.17, 15) is 12.8 Å². The summed E-state index contributed by atoms with van der Waals surface area (Å²) in [6, 6.07) is 9.48. The zero-order valence-corrected chi connectivity index (χ0v) is 11.9. The summed E-state index contributed by atoms with van der Waals surface area (Å²) in [4.78, 5) is -0.0158. The van der Waals surface area contributed by atoms with Crippen LogP contribution in [0.15, 0.2) is 41.3 Å². The Hall–Kier alpha value is -2.59. The fraction of sp³-hybridized carbons (Fsp3) is 0.0714. The summed E-state index contributed by atoms with van der Waals surface area (Å²) in [6.07, 6.45) is 0. The number of nitriles is 1. The van der Waals surface area contributed by atoms with Gasteiger partial charge in [-0.2, -0.15) is 5.26 Å². The van der Waals surface area contributed by atoms with Crippen molar-refractivity contribution >= 4 is 21.4 Å². The van der Waals surface area contributed by atoms with Crippen molar-refractivity contribution in [3.05, 3.63) is 53.3 Å². The number of nitrogens with two attached hydrogens (primary N) is 1. The molecular weight excluding hydrogens is 293 g/mol. The summed E-state index contributed by atoms with van der Waals surface area (Å²) in [6.45, 7) is 1.68. The first-order valence-electron chi connectivity index (χ1n) is 5.92. The van der Waals surface area contributed by atoms with E-state index in [2.05, 4.69) is 4.72 Å². The van der Waals surface area contributed by atoms with E-state index in [4.69, 9.17) is 11.0 Å². The Bertz CT molecular complexity index is 842. The molecule has 21 heavy (non-hydrogen) atoms. The lowest BCUT2D eigenvalue weighted by Gasteiger charge is -2.10. The number of aryl methyl sites for hydroxylation is 1. The Balaban J connectivity index is 2.37. The van der Waals surface area contributed by atoms with Gasteiger partial charge in [-0.15, -0.1) is 0 Å². The molecule has 0 fully saturated rings. The molecule has 0 saturated heterocycles. The number of halogens is 1. The van der Waals surface area contributed by atoms with Gasteiger partial charge < -0.3 is 5.73 Å². The zero-order valence-electron chi connectivity index (χ0n) is 11.1. The van der Waals surface area contributed by atoms with E-state index in [-0.39, 0.29) is 16.1 Å². The lowest BCUT2D eigenvalue weighted by atomic mass is 10.2. The zero-order chi connectivity index (χ0) is 15.6. The molecule has 0 aliphatic rings. The third kappa shape index (κ3) is 3.12. The fourth-order valence-corrected chi connectivity index (χ4v) is 2.84. The van der Waals surface area contributed by atoms with Crippen LogP contribution in [0.5, 0.6) is 0 Å². The molecule has 0 heterocycles. The SMILES string of the molecule is Cc1cc(S(=O)(=O)Nc2ccc(C#N)cc2F)ccc1N. The number of benzene rings is 2. The first-order valence-corrected chi connectivity index (χ1v) is 7.40. The van der Waals surface area contributed by atoms with Gasteiger partial charge in [-0.3, -0.25) is 4.72 Å². The van der Waals surface area contributed by atoms with Gasteiger partial charge in [-0.05, 0) is 48.9 Å². The molecule has 2 rings (SSSR count). The van der Waals surface area contributed by atoms with Crippen molar-refractivity contribution in [2.24, 2.45) is 0 Å². The van der Waals surface area contributed by atoms with Crippen LogP contribution in [0.3, 0.4) is 0 Å². The molecule has 0 unspecified atom stereocenters. The number of nitrogens with one attached hydrogen (secondary N) is 1. The smallest absolute Gasteiger partial charge is 0.261 e. The van der Waals surface area contributed by atoms with E-state index in [1.165, 1.54) is 30.3 Å². The molecule has 5 nitrogen and oxygen atoms in total. The number of hydrogen-bond donors (Lipinski definition) is 2. The number of hydrogen-bond acceptors (Lipinski definition) is 4. The summed E-state index contributed by atoms with van der Waals surface area (Å²) < 4.78 is 40.3. The van der Waals surface area contributed by atoms with E-state index in [0.29, 0.717) is 11.3 Å². The van der Waals surface area contributed by atoms with Crippen molar-refractivity contribution in [2.75, 3.05) is 10.5 Å². The van der Waals surface area contributed by atoms with Crippen LogP contribution in [0, 0.1) is 24.1 Å². The number of rotatable bonds is 3.